The number of pyridine rings is 1. The maximum Gasteiger partial charge on any atom is 0.410 e. The monoisotopic (exact) mass is 1100 g/mol. The van der Waals surface area contributed by atoms with Crippen molar-refractivity contribution in [3.8, 4) is 29.6 Å². The lowest BCUT2D eigenvalue weighted by atomic mass is 9.96. The summed E-state index contributed by atoms with van der Waals surface area (Å²) < 4.78 is 47.2. The van der Waals surface area contributed by atoms with Crippen molar-refractivity contribution in [2.24, 2.45) is 0 Å². The number of anilines is 3. The molecule has 0 aliphatic carbocycles. The lowest BCUT2D eigenvalue weighted by molar-refractivity contribution is -0.131. The number of rotatable bonds is 12. The van der Waals surface area contributed by atoms with Crippen molar-refractivity contribution in [2.75, 3.05) is 94.4 Å². The van der Waals surface area contributed by atoms with Crippen molar-refractivity contribution >= 4 is 69.2 Å². The number of hydrogen-bond acceptors (Lipinski definition) is 14. The number of benzene rings is 3. The number of ether oxygens (including phenoxy) is 3. The number of nitrogens with one attached hydrogen (secondary N) is 2. The number of methoxy groups -OCH3 is 2. The molecule has 3 aromatic carbocycles. The van der Waals surface area contributed by atoms with Crippen LogP contribution in [0.4, 0.5) is 35.6 Å². The molecule has 5 aromatic rings. The zero-order valence-electron chi connectivity index (χ0n) is 46.2. The van der Waals surface area contributed by atoms with E-state index >= 15 is 4.39 Å². The number of carbonyl (C=O) groups is 5. The first-order chi connectivity index (χ1) is 38.6. The van der Waals surface area contributed by atoms with E-state index < -0.39 is 17.2 Å². The molecule has 0 spiro atoms. The van der Waals surface area contributed by atoms with Crippen LogP contribution in [0.3, 0.4) is 0 Å². The van der Waals surface area contributed by atoms with Gasteiger partial charge in [0.1, 0.15) is 28.4 Å². The van der Waals surface area contributed by atoms with Crippen LogP contribution >= 0.6 is 0 Å². The van der Waals surface area contributed by atoms with Gasteiger partial charge >= 0.3 is 18.1 Å². The van der Waals surface area contributed by atoms with Gasteiger partial charge in [-0.3, -0.25) is 39.4 Å². The SMILES string of the molecule is C#Cc1c(F)ccc2cccc(-c3ncc4c(N5CC6CCC(C5)N6C(=O)OC(C)(C)C)nc(OC)nc4c3F)c12.COCC1CCC2CCCN21.O=CNCCCC(=O)N1CCN(c2ccc(N3CCC(=O)NC3=O)cc2)CC1. The molecule has 80 heavy (non-hydrogen) atoms. The Bertz CT molecular complexity index is 3110. The Kier molecular flexibility index (Phi) is 17.9. The largest absolute Gasteiger partial charge is 0.467 e. The Labute approximate surface area is 465 Å². The minimum Gasteiger partial charge on any atom is -0.467 e. The van der Waals surface area contributed by atoms with Crippen LogP contribution in [-0.2, 0) is 23.9 Å². The fourth-order valence-corrected chi connectivity index (χ4v) is 11.9. The first-order valence-electron chi connectivity index (χ1n) is 27.6. The topological polar surface area (TPSA) is 195 Å². The number of aromatic nitrogens is 3. The fourth-order valence-electron chi connectivity index (χ4n) is 11.9. The lowest BCUT2D eigenvalue weighted by Gasteiger charge is -2.42. The van der Waals surface area contributed by atoms with E-state index in [1.54, 1.807) is 29.2 Å². The minimum absolute atomic E-state index is 0.00116. The molecule has 424 valence electrons. The average Bonchev–Trinajstić information content (AvgIpc) is 4.16. The molecule has 2 bridgehead atoms. The average molecular weight is 1100 g/mol. The van der Waals surface area contributed by atoms with E-state index in [2.05, 4.69) is 41.3 Å². The smallest absolute Gasteiger partial charge is 0.410 e. The first-order valence-corrected chi connectivity index (χ1v) is 27.6. The molecule has 2 aromatic heterocycles. The zero-order valence-corrected chi connectivity index (χ0v) is 46.2. The van der Waals surface area contributed by atoms with Crippen molar-refractivity contribution in [3.05, 3.63) is 78.0 Å². The summed E-state index contributed by atoms with van der Waals surface area (Å²) in [7, 11) is 3.23. The van der Waals surface area contributed by atoms with Gasteiger partial charge in [0.25, 0.3) is 0 Å². The van der Waals surface area contributed by atoms with Gasteiger partial charge in [0.05, 0.1) is 36.8 Å². The van der Waals surface area contributed by atoms with Crippen LogP contribution in [0.25, 0.3) is 32.9 Å². The Morgan fingerprint density at radius 2 is 1.60 bits per heavy atom. The van der Waals surface area contributed by atoms with E-state index in [0.29, 0.717) is 92.5 Å². The van der Waals surface area contributed by atoms with Gasteiger partial charge in [0.15, 0.2) is 5.82 Å². The second kappa shape index (κ2) is 25.2. The zero-order chi connectivity index (χ0) is 56.7. The highest BCUT2D eigenvalue weighted by atomic mass is 19.1. The second-order valence-electron chi connectivity index (χ2n) is 21.9. The minimum atomic E-state index is -0.695. The van der Waals surface area contributed by atoms with Gasteiger partial charge in [0, 0.05) is 113 Å². The Hall–Kier alpha value is -7.70. The van der Waals surface area contributed by atoms with Crippen LogP contribution in [0.5, 0.6) is 6.01 Å². The van der Waals surface area contributed by atoms with E-state index in [1.165, 1.54) is 51.6 Å². The molecule has 0 radical (unpaired) electrons. The molecule has 4 atom stereocenters. The van der Waals surface area contributed by atoms with Crippen LogP contribution < -0.4 is 30.1 Å². The number of fused-ring (bicyclic) bond motifs is 5. The van der Waals surface area contributed by atoms with Gasteiger partial charge in [-0.15, -0.1) is 6.42 Å². The Balaban J connectivity index is 0.000000170. The summed E-state index contributed by atoms with van der Waals surface area (Å²) in [5.41, 5.74) is 1.62. The number of urea groups is 1. The quantitative estimate of drug-likeness (QED) is 0.0720. The van der Waals surface area contributed by atoms with Gasteiger partial charge in [0.2, 0.25) is 18.2 Å². The van der Waals surface area contributed by atoms with E-state index in [0.717, 1.165) is 56.0 Å². The van der Waals surface area contributed by atoms with Gasteiger partial charge in [-0.25, -0.2) is 18.4 Å². The third-order valence-electron chi connectivity index (χ3n) is 15.7. The number of hydrogen-bond donors (Lipinski definition) is 2. The van der Waals surface area contributed by atoms with Crippen molar-refractivity contribution in [1.29, 1.82) is 0 Å². The van der Waals surface area contributed by atoms with Crippen molar-refractivity contribution in [3.63, 3.8) is 0 Å². The summed E-state index contributed by atoms with van der Waals surface area (Å²) in [6.45, 7) is 12.5. The number of amides is 6. The first kappa shape index (κ1) is 57.0. The van der Waals surface area contributed by atoms with Crippen molar-refractivity contribution < 1.29 is 47.0 Å². The van der Waals surface area contributed by atoms with E-state index in [-0.39, 0.29) is 58.8 Å². The van der Waals surface area contributed by atoms with Gasteiger partial charge in [-0.1, -0.05) is 30.2 Å². The fraction of sp³-hybridized carbons (Fsp3) is 0.492. The highest BCUT2D eigenvalue weighted by Crippen LogP contribution is 2.40. The van der Waals surface area contributed by atoms with Crippen molar-refractivity contribution in [2.45, 2.75) is 108 Å². The predicted molar refractivity (Wildman–Crippen MR) is 300 cm³/mol. The summed E-state index contributed by atoms with van der Waals surface area (Å²) in [6.07, 6.45) is 16.1. The molecule has 8 heterocycles. The molecule has 21 heteroatoms. The van der Waals surface area contributed by atoms with Crippen LogP contribution in [-0.4, -0.2) is 169 Å². The predicted octanol–water partition coefficient (Wildman–Crippen LogP) is 7.27. The van der Waals surface area contributed by atoms with Crippen LogP contribution in [0.1, 0.15) is 84.1 Å². The Morgan fingerprint density at radius 3 is 2.27 bits per heavy atom. The number of halogens is 2. The number of imide groups is 1. The normalized spacial score (nSPS) is 20.8. The molecule has 6 aliphatic heterocycles. The molecule has 4 unspecified atom stereocenters. The molecule has 6 aliphatic rings. The second-order valence-corrected chi connectivity index (χ2v) is 21.9. The summed E-state index contributed by atoms with van der Waals surface area (Å²) >= 11 is 0. The standard InChI is InChI=1S/C31H29F2N5O3.C19H25N5O4.C9H17NO/c1-6-20-23(32)13-10-17-8-7-9-21(24(17)20)26-25(33)27-22(14-34-26)28(36-29(35-27)40-5)37-15-18-11-12-19(16-37)38(18)30(39)41-31(2,3)4;25-14-20-8-1-2-18(27)23-12-10-22(11-13-23)15-3-5-16(6-4-15)24-9-7-17(26)21-19(24)28;1-11-7-9-5-4-8-3-2-6-10(8)9/h1,7-10,13-14,18-19H,11-12,15-16H2,2-5H3;3-6,14H,1-2,7-13H2,(H,20,25)(H,21,26,28);8-9H,2-7H2,1H3. The molecule has 2 N–H and O–H groups in total. The van der Waals surface area contributed by atoms with E-state index in [9.17, 15) is 28.4 Å². The highest BCUT2D eigenvalue weighted by molar-refractivity contribution is 6.06. The summed E-state index contributed by atoms with van der Waals surface area (Å²) in [5.74, 6) is 1.48. The maximum atomic E-state index is 16.3. The highest BCUT2D eigenvalue weighted by Gasteiger charge is 2.45. The Morgan fingerprint density at radius 1 is 0.875 bits per heavy atom. The summed E-state index contributed by atoms with van der Waals surface area (Å²) in [4.78, 5) is 84.1. The maximum absolute atomic E-state index is 16.3. The molecule has 6 saturated heterocycles. The van der Waals surface area contributed by atoms with Crippen LogP contribution in [0.15, 0.2) is 60.8 Å². The molecule has 11 rings (SSSR count). The molecular formula is C59H71F2N11O8. The summed E-state index contributed by atoms with van der Waals surface area (Å²) in [6, 6.07) is 16.9. The van der Waals surface area contributed by atoms with Gasteiger partial charge < -0.3 is 34.2 Å². The number of nitrogens with zero attached hydrogens (tertiary/aromatic N) is 9. The third-order valence-corrected chi connectivity index (χ3v) is 15.7. The molecule has 6 amide bonds. The lowest BCUT2D eigenvalue weighted by Crippen LogP contribution is -2.57. The third kappa shape index (κ3) is 12.7. The number of piperazine rings is 2. The molecule has 6 fully saturated rings. The molecule has 19 nitrogen and oxygen atoms in total. The summed E-state index contributed by atoms with van der Waals surface area (Å²) in [5, 5.41) is 6.35. The number of terminal acetylenes is 1. The molecular weight excluding hydrogens is 1030 g/mol. The van der Waals surface area contributed by atoms with E-state index in [4.69, 9.17) is 20.6 Å². The molecule has 0 saturated carbocycles. The van der Waals surface area contributed by atoms with Crippen LogP contribution in [0, 0.1) is 24.0 Å². The number of carbonyl (C=O) groups excluding carboxylic acids is 5. The van der Waals surface area contributed by atoms with Gasteiger partial charge in [-0.2, -0.15) is 9.97 Å². The van der Waals surface area contributed by atoms with E-state index in [1.807, 2.05) is 66.8 Å². The van der Waals surface area contributed by atoms with Gasteiger partial charge in [-0.05, 0) is 108 Å². The van der Waals surface area contributed by atoms with Crippen molar-refractivity contribution in [1.82, 2.24) is 40.3 Å². The van der Waals surface area contributed by atoms with Crippen LogP contribution in [0.2, 0.25) is 0 Å².